The van der Waals surface area contributed by atoms with E-state index in [2.05, 4.69) is 4.90 Å². The number of nitrogens with zero attached hydrogens (tertiary/aromatic N) is 3. The van der Waals surface area contributed by atoms with Crippen molar-refractivity contribution in [2.75, 3.05) is 45.8 Å². The highest BCUT2D eigenvalue weighted by molar-refractivity contribution is 5.81. The molecule has 0 aliphatic carbocycles. The molecule has 1 aromatic rings. The number of ether oxygens (including phenoxy) is 1. The normalized spacial score (nSPS) is 19.4. The van der Waals surface area contributed by atoms with Gasteiger partial charge in [-0.15, -0.1) is 0 Å². The summed E-state index contributed by atoms with van der Waals surface area (Å²) in [7, 11) is 0. The molecule has 2 amide bonds. The molecule has 28 heavy (non-hydrogen) atoms. The molecule has 2 saturated heterocycles. The van der Waals surface area contributed by atoms with Crippen LogP contribution in [-0.4, -0.2) is 78.4 Å². The maximum absolute atomic E-state index is 13.3. The number of carbonyl (C=O) groups excluding carboxylic acids is 2. The van der Waals surface area contributed by atoms with E-state index in [1.54, 1.807) is 11.8 Å². The summed E-state index contributed by atoms with van der Waals surface area (Å²) in [5, 5.41) is 0. The molecule has 1 atom stereocenters. The highest BCUT2D eigenvalue weighted by atomic mass is 19.2. The van der Waals surface area contributed by atoms with Gasteiger partial charge in [0.2, 0.25) is 5.91 Å². The van der Waals surface area contributed by atoms with E-state index >= 15 is 0 Å². The van der Waals surface area contributed by atoms with Gasteiger partial charge in [-0.3, -0.25) is 14.5 Å². The van der Waals surface area contributed by atoms with Crippen LogP contribution in [0.15, 0.2) is 18.2 Å². The Hall–Kier alpha value is -2.22. The molecule has 2 heterocycles. The number of piperazine rings is 1. The molecule has 0 saturated carbocycles. The summed E-state index contributed by atoms with van der Waals surface area (Å²) in [6, 6.07) is 3.20. The zero-order valence-electron chi connectivity index (χ0n) is 16.2. The molecule has 2 aliphatic heterocycles. The summed E-state index contributed by atoms with van der Waals surface area (Å²) in [4.78, 5) is 30.6. The largest absolute Gasteiger partial charge is 0.481 e. The predicted octanol–water partition coefficient (Wildman–Crippen LogP) is 1.89. The molecule has 0 bridgehead atoms. The first-order chi connectivity index (χ1) is 13.4. The average molecular weight is 395 g/mol. The molecular weight excluding hydrogens is 368 g/mol. The van der Waals surface area contributed by atoms with Crippen molar-refractivity contribution >= 4 is 11.8 Å². The number of hydrogen-bond acceptors (Lipinski definition) is 4. The number of rotatable bonds is 5. The maximum atomic E-state index is 13.3. The lowest BCUT2D eigenvalue weighted by molar-refractivity contribution is -0.140. The minimum absolute atomic E-state index is 0.116. The van der Waals surface area contributed by atoms with Crippen LogP contribution in [0.25, 0.3) is 0 Å². The van der Waals surface area contributed by atoms with Gasteiger partial charge in [-0.25, -0.2) is 8.78 Å². The molecule has 1 unspecified atom stereocenters. The van der Waals surface area contributed by atoms with Gasteiger partial charge in [-0.1, -0.05) is 0 Å². The lowest BCUT2D eigenvalue weighted by atomic mass is 10.1. The van der Waals surface area contributed by atoms with Gasteiger partial charge in [0, 0.05) is 45.3 Å². The van der Waals surface area contributed by atoms with Crippen LogP contribution in [0, 0.1) is 11.6 Å². The van der Waals surface area contributed by atoms with Gasteiger partial charge in [0.25, 0.3) is 5.91 Å². The maximum Gasteiger partial charge on any atom is 0.263 e. The molecule has 2 aliphatic rings. The van der Waals surface area contributed by atoms with Crippen LogP contribution in [0.3, 0.4) is 0 Å². The number of halogens is 2. The Morgan fingerprint density at radius 3 is 2.29 bits per heavy atom. The summed E-state index contributed by atoms with van der Waals surface area (Å²) in [6.07, 6.45) is 2.54. The number of likely N-dealkylation sites (tertiary alicyclic amines) is 1. The Balaban J connectivity index is 1.45. The SMILES string of the molecule is CC(Oc1ccc(F)c(F)c1)C(=O)N1CCN(CC(=O)N2CCCCC2)CC1. The van der Waals surface area contributed by atoms with E-state index in [4.69, 9.17) is 4.74 Å². The Bertz CT molecular complexity index is 702. The third-order valence-electron chi connectivity index (χ3n) is 5.30. The second-order valence-electron chi connectivity index (χ2n) is 7.38. The quantitative estimate of drug-likeness (QED) is 0.764. The van der Waals surface area contributed by atoms with E-state index in [0.717, 1.165) is 38.1 Å². The lowest BCUT2D eigenvalue weighted by Gasteiger charge is -2.36. The van der Waals surface area contributed by atoms with Crippen molar-refractivity contribution < 1.29 is 23.1 Å². The van der Waals surface area contributed by atoms with Crippen molar-refractivity contribution in [1.29, 1.82) is 0 Å². The zero-order valence-corrected chi connectivity index (χ0v) is 16.2. The molecule has 6 nitrogen and oxygen atoms in total. The number of amides is 2. The third-order valence-corrected chi connectivity index (χ3v) is 5.30. The highest BCUT2D eigenvalue weighted by Gasteiger charge is 2.28. The zero-order chi connectivity index (χ0) is 20.1. The first kappa shape index (κ1) is 20.5. The van der Waals surface area contributed by atoms with Crippen molar-refractivity contribution in [2.24, 2.45) is 0 Å². The molecule has 1 aromatic carbocycles. The molecule has 0 aromatic heterocycles. The first-order valence-corrected chi connectivity index (χ1v) is 9.84. The molecule has 2 fully saturated rings. The van der Waals surface area contributed by atoms with Gasteiger partial charge in [-0.05, 0) is 38.3 Å². The van der Waals surface area contributed by atoms with E-state index in [1.807, 2.05) is 4.90 Å². The third kappa shape index (κ3) is 5.19. The van der Waals surface area contributed by atoms with E-state index in [-0.39, 0.29) is 17.6 Å². The minimum Gasteiger partial charge on any atom is -0.481 e. The topological polar surface area (TPSA) is 53.1 Å². The summed E-state index contributed by atoms with van der Waals surface area (Å²) < 4.78 is 31.7. The number of piperidine rings is 1. The van der Waals surface area contributed by atoms with E-state index in [9.17, 15) is 18.4 Å². The lowest BCUT2D eigenvalue weighted by Crippen LogP contribution is -2.54. The van der Waals surface area contributed by atoms with Gasteiger partial charge in [0.05, 0.1) is 6.54 Å². The molecule has 0 N–H and O–H groups in total. The van der Waals surface area contributed by atoms with Gasteiger partial charge in [-0.2, -0.15) is 0 Å². The minimum atomic E-state index is -1.01. The Morgan fingerprint density at radius 2 is 1.64 bits per heavy atom. The molecule has 0 spiro atoms. The van der Waals surface area contributed by atoms with Crippen LogP contribution in [0.2, 0.25) is 0 Å². The molecular formula is C20H27F2N3O3. The van der Waals surface area contributed by atoms with Crippen molar-refractivity contribution in [1.82, 2.24) is 14.7 Å². The van der Waals surface area contributed by atoms with Gasteiger partial charge in [0.15, 0.2) is 17.7 Å². The summed E-state index contributed by atoms with van der Waals surface area (Å²) in [5.41, 5.74) is 0. The van der Waals surface area contributed by atoms with Crippen LogP contribution in [0.1, 0.15) is 26.2 Å². The Kier molecular flexibility index (Phi) is 6.83. The molecule has 8 heteroatoms. The Labute approximate surface area is 164 Å². The molecule has 3 rings (SSSR count). The standard InChI is InChI=1S/C20H27F2N3O3/c1-15(28-16-5-6-17(21)18(22)13-16)20(27)25-11-9-23(10-12-25)14-19(26)24-7-3-2-4-8-24/h5-6,13,15H,2-4,7-12,14H2,1H3. The number of hydrogen-bond donors (Lipinski definition) is 0. The van der Waals surface area contributed by atoms with Crippen LogP contribution >= 0.6 is 0 Å². The van der Waals surface area contributed by atoms with Gasteiger partial charge < -0.3 is 14.5 Å². The smallest absolute Gasteiger partial charge is 0.263 e. The average Bonchev–Trinajstić information content (AvgIpc) is 2.71. The monoisotopic (exact) mass is 395 g/mol. The second kappa shape index (κ2) is 9.32. The fourth-order valence-electron chi connectivity index (χ4n) is 3.62. The summed E-state index contributed by atoms with van der Waals surface area (Å²) >= 11 is 0. The summed E-state index contributed by atoms with van der Waals surface area (Å²) in [5.74, 6) is -1.89. The van der Waals surface area contributed by atoms with Crippen LogP contribution < -0.4 is 4.74 Å². The summed E-state index contributed by atoms with van der Waals surface area (Å²) in [6.45, 7) is 5.95. The Morgan fingerprint density at radius 1 is 0.964 bits per heavy atom. The molecule has 154 valence electrons. The van der Waals surface area contributed by atoms with E-state index < -0.39 is 17.7 Å². The number of benzene rings is 1. The predicted molar refractivity (Wildman–Crippen MR) is 99.9 cm³/mol. The van der Waals surface area contributed by atoms with Crippen molar-refractivity contribution in [3.63, 3.8) is 0 Å². The van der Waals surface area contributed by atoms with Crippen molar-refractivity contribution in [3.05, 3.63) is 29.8 Å². The van der Waals surface area contributed by atoms with Gasteiger partial charge >= 0.3 is 0 Å². The highest BCUT2D eigenvalue weighted by Crippen LogP contribution is 2.18. The van der Waals surface area contributed by atoms with Crippen LogP contribution in [-0.2, 0) is 9.59 Å². The molecule has 0 radical (unpaired) electrons. The second-order valence-corrected chi connectivity index (χ2v) is 7.38. The van der Waals surface area contributed by atoms with E-state index in [0.29, 0.717) is 32.7 Å². The fourth-order valence-corrected chi connectivity index (χ4v) is 3.62. The first-order valence-electron chi connectivity index (χ1n) is 9.84. The number of carbonyl (C=O) groups is 2. The van der Waals surface area contributed by atoms with Crippen molar-refractivity contribution in [2.45, 2.75) is 32.3 Å². The van der Waals surface area contributed by atoms with Crippen LogP contribution in [0.4, 0.5) is 8.78 Å². The van der Waals surface area contributed by atoms with Crippen molar-refractivity contribution in [3.8, 4) is 5.75 Å². The van der Waals surface area contributed by atoms with Gasteiger partial charge in [0.1, 0.15) is 5.75 Å². The van der Waals surface area contributed by atoms with E-state index in [1.165, 1.54) is 12.5 Å². The van der Waals surface area contributed by atoms with Crippen LogP contribution in [0.5, 0.6) is 5.75 Å². The fraction of sp³-hybridized carbons (Fsp3) is 0.600.